The average Bonchev–Trinajstić information content (AvgIpc) is 2.61. The minimum Gasteiger partial charge on any atom is -0.179 e. The maximum Gasteiger partial charge on any atom is 0.0187 e. The van der Waals surface area contributed by atoms with Crippen molar-refractivity contribution in [2.75, 3.05) is 23.0 Å². The number of aryl methyl sites for hydroxylation is 1. The van der Waals surface area contributed by atoms with Gasteiger partial charge in [0, 0.05) is 5.75 Å². The van der Waals surface area contributed by atoms with Gasteiger partial charge in [0.1, 0.15) is 0 Å². The summed E-state index contributed by atoms with van der Waals surface area (Å²) in [7, 11) is 0. The van der Waals surface area contributed by atoms with E-state index in [1.165, 1.54) is 66.2 Å². The molecule has 0 bridgehead atoms. The first-order valence-corrected chi connectivity index (χ1v) is 13.6. The molecule has 0 spiro atoms. The molecule has 27 heavy (non-hydrogen) atoms. The van der Waals surface area contributed by atoms with Crippen molar-refractivity contribution in [3.63, 3.8) is 0 Å². The van der Waals surface area contributed by atoms with Crippen LogP contribution in [0.4, 0.5) is 0 Å². The number of thioether (sulfide) groups is 2. The maximum absolute atomic E-state index is 4.38. The van der Waals surface area contributed by atoms with Gasteiger partial charge in [-0.3, -0.25) is 0 Å². The van der Waals surface area contributed by atoms with Crippen molar-refractivity contribution in [2.45, 2.75) is 78.9 Å². The molecule has 0 aliphatic rings. The molecule has 0 atom stereocenters. The Balaban J connectivity index is 2.13. The standard InChI is InChI=1S/C24H42S3/c1-6-21-10-7-8-11-22(21)20-27-17-9-12-23(2,3)14-18-26-19-15-24(4,5)13-16-25/h7-8,10-11,25H,6,9,12-20H2,1-5H3. The molecule has 1 aromatic carbocycles. The van der Waals surface area contributed by atoms with Crippen molar-refractivity contribution in [2.24, 2.45) is 10.8 Å². The van der Waals surface area contributed by atoms with Gasteiger partial charge in [-0.15, -0.1) is 0 Å². The predicted molar refractivity (Wildman–Crippen MR) is 134 cm³/mol. The van der Waals surface area contributed by atoms with Crippen molar-refractivity contribution < 1.29 is 0 Å². The molecule has 0 aliphatic heterocycles. The van der Waals surface area contributed by atoms with Gasteiger partial charge in [-0.05, 0) is 83.5 Å². The van der Waals surface area contributed by atoms with E-state index in [4.69, 9.17) is 0 Å². The molecule has 0 N–H and O–H groups in total. The number of rotatable bonds is 15. The van der Waals surface area contributed by atoms with Gasteiger partial charge in [0.2, 0.25) is 0 Å². The SMILES string of the molecule is CCc1ccccc1CSCCCC(C)(C)CCSCCC(C)(C)CCS. The number of hydrogen-bond donors (Lipinski definition) is 1. The Labute approximate surface area is 183 Å². The lowest BCUT2D eigenvalue weighted by Crippen LogP contribution is -2.15. The number of thiol groups is 1. The molecule has 3 heteroatoms. The van der Waals surface area contributed by atoms with Crippen LogP contribution in [0, 0.1) is 10.8 Å². The van der Waals surface area contributed by atoms with Crippen LogP contribution in [-0.2, 0) is 12.2 Å². The van der Waals surface area contributed by atoms with Crippen molar-refractivity contribution in [3.05, 3.63) is 35.4 Å². The Morgan fingerprint density at radius 3 is 1.96 bits per heavy atom. The van der Waals surface area contributed by atoms with Crippen LogP contribution >= 0.6 is 36.2 Å². The minimum atomic E-state index is 0.456. The van der Waals surface area contributed by atoms with Crippen molar-refractivity contribution in [1.82, 2.24) is 0 Å². The predicted octanol–water partition coefficient (Wildman–Crippen LogP) is 8.15. The van der Waals surface area contributed by atoms with E-state index in [1.54, 1.807) is 0 Å². The highest BCUT2D eigenvalue weighted by Crippen LogP contribution is 2.32. The fourth-order valence-electron chi connectivity index (χ4n) is 3.23. The average molecular weight is 427 g/mol. The quantitative estimate of drug-likeness (QED) is 0.222. The molecule has 0 radical (unpaired) electrons. The van der Waals surface area contributed by atoms with Crippen LogP contribution in [0.1, 0.15) is 77.8 Å². The zero-order chi connectivity index (χ0) is 20.2. The lowest BCUT2D eigenvalue weighted by molar-refractivity contribution is 0.322. The van der Waals surface area contributed by atoms with Crippen molar-refractivity contribution >= 4 is 36.2 Å². The fourth-order valence-corrected chi connectivity index (χ4v) is 6.43. The molecule has 1 rings (SSSR count). The second-order valence-corrected chi connectivity index (χ2v) is 12.0. The van der Waals surface area contributed by atoms with Crippen molar-refractivity contribution in [3.8, 4) is 0 Å². The summed E-state index contributed by atoms with van der Waals surface area (Å²) in [5, 5.41) is 0. The van der Waals surface area contributed by atoms with Gasteiger partial charge in [-0.25, -0.2) is 0 Å². The summed E-state index contributed by atoms with van der Waals surface area (Å²) in [6.07, 6.45) is 7.71. The third kappa shape index (κ3) is 11.8. The number of benzene rings is 1. The maximum atomic E-state index is 4.38. The van der Waals surface area contributed by atoms with E-state index in [-0.39, 0.29) is 0 Å². The first-order valence-electron chi connectivity index (χ1n) is 10.6. The van der Waals surface area contributed by atoms with E-state index < -0.39 is 0 Å². The molecule has 0 unspecified atom stereocenters. The van der Waals surface area contributed by atoms with E-state index in [0.717, 1.165) is 12.2 Å². The van der Waals surface area contributed by atoms with E-state index in [9.17, 15) is 0 Å². The second kappa shape index (κ2) is 13.5. The first kappa shape index (κ1) is 25.3. The molecule has 0 fully saturated rings. The van der Waals surface area contributed by atoms with Gasteiger partial charge < -0.3 is 0 Å². The topological polar surface area (TPSA) is 0 Å². The lowest BCUT2D eigenvalue weighted by Gasteiger charge is -2.26. The molecule has 0 saturated carbocycles. The summed E-state index contributed by atoms with van der Waals surface area (Å²) in [4.78, 5) is 0. The zero-order valence-electron chi connectivity index (χ0n) is 18.4. The Bertz CT molecular complexity index is 508. The fraction of sp³-hybridized carbons (Fsp3) is 0.750. The molecular weight excluding hydrogens is 384 g/mol. The van der Waals surface area contributed by atoms with E-state index in [1.807, 2.05) is 0 Å². The van der Waals surface area contributed by atoms with Crippen LogP contribution in [0.15, 0.2) is 24.3 Å². The van der Waals surface area contributed by atoms with Crippen LogP contribution in [0.2, 0.25) is 0 Å². The highest BCUT2D eigenvalue weighted by molar-refractivity contribution is 7.99. The number of hydrogen-bond acceptors (Lipinski definition) is 3. The van der Waals surface area contributed by atoms with Gasteiger partial charge in [0.05, 0.1) is 0 Å². The van der Waals surface area contributed by atoms with Gasteiger partial charge in [-0.2, -0.15) is 36.2 Å². The van der Waals surface area contributed by atoms with Crippen LogP contribution in [-0.4, -0.2) is 23.0 Å². The van der Waals surface area contributed by atoms with Crippen molar-refractivity contribution in [1.29, 1.82) is 0 Å². The molecule has 0 heterocycles. The first-order chi connectivity index (χ1) is 12.8. The molecule has 156 valence electrons. The molecule has 0 nitrogen and oxygen atoms in total. The van der Waals surface area contributed by atoms with Gasteiger partial charge in [-0.1, -0.05) is 58.9 Å². The van der Waals surface area contributed by atoms with Gasteiger partial charge in [0.15, 0.2) is 0 Å². The molecule has 1 aromatic rings. The molecule has 0 amide bonds. The van der Waals surface area contributed by atoms with Crippen LogP contribution in [0.25, 0.3) is 0 Å². The smallest absolute Gasteiger partial charge is 0.0187 e. The Morgan fingerprint density at radius 2 is 1.37 bits per heavy atom. The Hall–Kier alpha value is 0.270. The summed E-state index contributed by atoms with van der Waals surface area (Å²) >= 11 is 8.64. The molecule has 0 aliphatic carbocycles. The third-order valence-electron chi connectivity index (χ3n) is 5.53. The molecule has 0 aromatic heterocycles. The Morgan fingerprint density at radius 1 is 0.778 bits per heavy atom. The summed E-state index contributed by atoms with van der Waals surface area (Å²) < 4.78 is 0. The highest BCUT2D eigenvalue weighted by atomic mass is 32.2. The van der Waals surface area contributed by atoms with E-state index in [0.29, 0.717) is 10.8 Å². The molecular formula is C24H42S3. The largest absolute Gasteiger partial charge is 0.179 e. The van der Waals surface area contributed by atoms with E-state index >= 15 is 0 Å². The van der Waals surface area contributed by atoms with Crippen LogP contribution in [0.5, 0.6) is 0 Å². The monoisotopic (exact) mass is 426 g/mol. The summed E-state index contributed by atoms with van der Waals surface area (Å²) in [6.45, 7) is 11.9. The van der Waals surface area contributed by atoms with Gasteiger partial charge in [0.25, 0.3) is 0 Å². The van der Waals surface area contributed by atoms with Crippen LogP contribution < -0.4 is 0 Å². The normalized spacial score (nSPS) is 12.5. The highest BCUT2D eigenvalue weighted by Gasteiger charge is 2.19. The summed E-state index contributed by atoms with van der Waals surface area (Å²) in [5.41, 5.74) is 3.98. The van der Waals surface area contributed by atoms with Gasteiger partial charge >= 0.3 is 0 Å². The summed E-state index contributed by atoms with van der Waals surface area (Å²) in [5.74, 6) is 6.06. The molecule has 0 saturated heterocycles. The summed E-state index contributed by atoms with van der Waals surface area (Å²) in [6, 6.07) is 8.91. The minimum absolute atomic E-state index is 0.456. The zero-order valence-corrected chi connectivity index (χ0v) is 20.9. The second-order valence-electron chi connectivity index (χ2n) is 9.19. The van der Waals surface area contributed by atoms with Crippen LogP contribution in [0.3, 0.4) is 0 Å². The Kier molecular flexibility index (Phi) is 12.6. The lowest BCUT2D eigenvalue weighted by atomic mass is 9.85. The third-order valence-corrected chi connectivity index (χ3v) is 7.84. The van der Waals surface area contributed by atoms with E-state index in [2.05, 4.69) is 95.0 Å².